The molecule has 1 saturated carbocycles. The van der Waals surface area contributed by atoms with Gasteiger partial charge in [0.05, 0.1) is 11.2 Å². The summed E-state index contributed by atoms with van der Waals surface area (Å²) in [6, 6.07) is 6.26. The van der Waals surface area contributed by atoms with Crippen LogP contribution in [0.3, 0.4) is 0 Å². The Morgan fingerprint density at radius 3 is 2.93 bits per heavy atom. The average Bonchev–Trinajstić information content (AvgIpc) is 3.04. The Morgan fingerprint density at radius 2 is 2.27 bits per heavy atom. The zero-order chi connectivity index (χ0) is 10.4. The molecule has 2 N–H and O–H groups in total. The fourth-order valence-corrected chi connectivity index (χ4v) is 2.16. The Balaban J connectivity index is 2.34. The molecule has 3 heteroatoms. The molecule has 0 spiro atoms. The van der Waals surface area contributed by atoms with Gasteiger partial charge in [0.25, 0.3) is 0 Å². The van der Waals surface area contributed by atoms with E-state index in [2.05, 4.69) is 34.5 Å². The number of pyridine rings is 1. The number of aryl methyl sites for hydroxylation is 1. The van der Waals surface area contributed by atoms with Crippen molar-refractivity contribution in [1.29, 1.82) is 0 Å². The average molecular weight is 201 g/mol. The number of rotatable bonds is 2. The van der Waals surface area contributed by atoms with E-state index < -0.39 is 0 Å². The van der Waals surface area contributed by atoms with Crippen molar-refractivity contribution in [2.24, 2.45) is 5.73 Å². The Hall–Kier alpha value is -1.35. The van der Waals surface area contributed by atoms with Crippen LogP contribution in [-0.2, 0) is 6.54 Å². The highest BCUT2D eigenvalue weighted by Gasteiger charge is 2.29. The van der Waals surface area contributed by atoms with Crippen LogP contribution in [0.15, 0.2) is 18.2 Å². The van der Waals surface area contributed by atoms with Gasteiger partial charge in [0, 0.05) is 18.2 Å². The van der Waals surface area contributed by atoms with Gasteiger partial charge >= 0.3 is 0 Å². The van der Waals surface area contributed by atoms with Crippen LogP contribution in [-0.4, -0.2) is 9.38 Å². The minimum Gasteiger partial charge on any atom is -0.325 e. The van der Waals surface area contributed by atoms with Crippen molar-refractivity contribution in [3.05, 3.63) is 35.4 Å². The lowest BCUT2D eigenvalue weighted by molar-refractivity contribution is 0.854. The van der Waals surface area contributed by atoms with E-state index in [1.165, 1.54) is 24.2 Å². The third-order valence-corrected chi connectivity index (χ3v) is 3.10. The van der Waals surface area contributed by atoms with Crippen molar-refractivity contribution < 1.29 is 0 Å². The molecule has 1 aliphatic rings. The van der Waals surface area contributed by atoms with Crippen molar-refractivity contribution >= 4 is 5.52 Å². The molecule has 0 radical (unpaired) electrons. The van der Waals surface area contributed by atoms with E-state index in [1.807, 2.05) is 0 Å². The molecule has 0 bridgehead atoms. The van der Waals surface area contributed by atoms with Crippen LogP contribution < -0.4 is 5.73 Å². The molecule has 0 aromatic carbocycles. The molecule has 3 rings (SSSR count). The van der Waals surface area contributed by atoms with Crippen molar-refractivity contribution in [2.45, 2.75) is 32.2 Å². The first kappa shape index (κ1) is 8.92. The Labute approximate surface area is 88.9 Å². The second-order valence-corrected chi connectivity index (χ2v) is 4.27. The Kier molecular flexibility index (Phi) is 1.83. The van der Waals surface area contributed by atoms with Crippen LogP contribution in [0.1, 0.15) is 36.0 Å². The number of hydrogen-bond acceptors (Lipinski definition) is 2. The standard InChI is InChI=1S/C12H15N3/c1-8-11-4-2-3-10(7-13)15(11)12(14-8)9-5-6-9/h2-4,9H,5-7,13H2,1H3. The molecule has 2 aromatic heterocycles. The molecule has 78 valence electrons. The third kappa shape index (κ3) is 1.27. The van der Waals surface area contributed by atoms with Gasteiger partial charge in [0.2, 0.25) is 0 Å². The predicted octanol–water partition coefficient (Wildman–Crippen LogP) is 1.98. The predicted molar refractivity (Wildman–Crippen MR) is 59.8 cm³/mol. The van der Waals surface area contributed by atoms with Crippen LogP contribution in [0.5, 0.6) is 0 Å². The van der Waals surface area contributed by atoms with Crippen LogP contribution in [0.4, 0.5) is 0 Å². The van der Waals surface area contributed by atoms with Crippen molar-refractivity contribution in [1.82, 2.24) is 9.38 Å². The number of imidazole rings is 1. The Morgan fingerprint density at radius 1 is 1.47 bits per heavy atom. The zero-order valence-corrected chi connectivity index (χ0v) is 8.90. The van der Waals surface area contributed by atoms with E-state index in [0.717, 1.165) is 11.4 Å². The molecule has 1 fully saturated rings. The molecular formula is C12H15N3. The molecular weight excluding hydrogens is 186 g/mol. The van der Waals surface area contributed by atoms with Crippen LogP contribution >= 0.6 is 0 Å². The number of fused-ring (bicyclic) bond motifs is 1. The summed E-state index contributed by atoms with van der Waals surface area (Å²) in [5, 5.41) is 0. The van der Waals surface area contributed by atoms with Gasteiger partial charge in [0.1, 0.15) is 5.82 Å². The molecule has 0 amide bonds. The van der Waals surface area contributed by atoms with E-state index in [1.54, 1.807) is 0 Å². The molecule has 0 unspecified atom stereocenters. The van der Waals surface area contributed by atoms with Crippen molar-refractivity contribution in [3.63, 3.8) is 0 Å². The first-order chi connectivity index (χ1) is 7.31. The van der Waals surface area contributed by atoms with Gasteiger partial charge in [-0.1, -0.05) is 6.07 Å². The van der Waals surface area contributed by atoms with Crippen LogP contribution in [0.25, 0.3) is 5.52 Å². The maximum absolute atomic E-state index is 5.77. The maximum atomic E-state index is 5.77. The quantitative estimate of drug-likeness (QED) is 0.807. The van der Waals surface area contributed by atoms with E-state index in [9.17, 15) is 0 Å². The molecule has 0 atom stereocenters. The van der Waals surface area contributed by atoms with Gasteiger partial charge in [-0.05, 0) is 31.9 Å². The summed E-state index contributed by atoms with van der Waals surface area (Å²) in [5.41, 5.74) is 9.25. The smallest absolute Gasteiger partial charge is 0.116 e. The van der Waals surface area contributed by atoms with E-state index in [-0.39, 0.29) is 0 Å². The molecule has 0 saturated heterocycles. The first-order valence-corrected chi connectivity index (χ1v) is 5.48. The molecule has 2 heterocycles. The highest BCUT2D eigenvalue weighted by atomic mass is 15.1. The summed E-state index contributed by atoms with van der Waals surface area (Å²) in [6.45, 7) is 2.65. The normalized spacial score (nSPS) is 16.1. The lowest BCUT2D eigenvalue weighted by atomic mass is 10.3. The summed E-state index contributed by atoms with van der Waals surface area (Å²) in [6.07, 6.45) is 2.55. The van der Waals surface area contributed by atoms with E-state index >= 15 is 0 Å². The second kappa shape index (κ2) is 3.07. The highest BCUT2D eigenvalue weighted by molar-refractivity contribution is 5.54. The van der Waals surface area contributed by atoms with Gasteiger partial charge < -0.3 is 5.73 Å². The van der Waals surface area contributed by atoms with E-state index in [4.69, 9.17) is 5.73 Å². The van der Waals surface area contributed by atoms with Crippen LogP contribution in [0.2, 0.25) is 0 Å². The van der Waals surface area contributed by atoms with Crippen LogP contribution in [0, 0.1) is 6.92 Å². The fourth-order valence-electron chi connectivity index (χ4n) is 2.16. The summed E-state index contributed by atoms with van der Waals surface area (Å²) < 4.78 is 2.24. The lowest BCUT2D eigenvalue weighted by Crippen LogP contribution is -2.05. The van der Waals surface area contributed by atoms with Gasteiger partial charge in [-0.25, -0.2) is 4.98 Å². The van der Waals surface area contributed by atoms with Crippen molar-refractivity contribution in [3.8, 4) is 0 Å². The minimum atomic E-state index is 0.576. The fraction of sp³-hybridized carbons (Fsp3) is 0.417. The van der Waals surface area contributed by atoms with Gasteiger partial charge in [-0.2, -0.15) is 0 Å². The molecule has 15 heavy (non-hydrogen) atoms. The van der Waals surface area contributed by atoms with Gasteiger partial charge in [0.15, 0.2) is 0 Å². The zero-order valence-electron chi connectivity index (χ0n) is 8.90. The largest absolute Gasteiger partial charge is 0.325 e. The highest BCUT2D eigenvalue weighted by Crippen LogP contribution is 2.40. The number of nitrogens with zero attached hydrogens (tertiary/aromatic N) is 2. The SMILES string of the molecule is Cc1nc(C2CC2)n2c(CN)cccc12. The number of hydrogen-bond donors (Lipinski definition) is 1. The lowest BCUT2D eigenvalue weighted by Gasteiger charge is -2.05. The molecule has 1 aliphatic carbocycles. The monoisotopic (exact) mass is 201 g/mol. The van der Waals surface area contributed by atoms with Crippen molar-refractivity contribution in [2.75, 3.05) is 0 Å². The summed E-state index contributed by atoms with van der Waals surface area (Å²) in [7, 11) is 0. The summed E-state index contributed by atoms with van der Waals surface area (Å²) >= 11 is 0. The maximum Gasteiger partial charge on any atom is 0.116 e. The topological polar surface area (TPSA) is 43.3 Å². The Bertz CT molecular complexity index is 509. The molecule has 0 aliphatic heterocycles. The van der Waals surface area contributed by atoms with E-state index in [0.29, 0.717) is 12.5 Å². The summed E-state index contributed by atoms with van der Waals surface area (Å²) in [4.78, 5) is 4.67. The van der Waals surface area contributed by atoms with Gasteiger partial charge in [-0.15, -0.1) is 0 Å². The first-order valence-electron chi connectivity index (χ1n) is 5.48. The molecule has 3 nitrogen and oxygen atoms in total. The summed E-state index contributed by atoms with van der Waals surface area (Å²) in [5.74, 6) is 1.88. The number of nitrogens with two attached hydrogens (primary N) is 1. The third-order valence-electron chi connectivity index (χ3n) is 3.10. The second-order valence-electron chi connectivity index (χ2n) is 4.27. The van der Waals surface area contributed by atoms with Gasteiger partial charge in [-0.3, -0.25) is 4.40 Å². The minimum absolute atomic E-state index is 0.576. The number of aromatic nitrogens is 2. The molecule has 2 aromatic rings.